The highest BCUT2D eigenvalue weighted by atomic mass is 16.5. The van der Waals surface area contributed by atoms with E-state index in [-0.39, 0.29) is 41.8 Å². The third kappa shape index (κ3) is 6.45. The Balaban J connectivity index is 1.14. The Morgan fingerprint density at radius 3 is 2.52 bits per heavy atom. The molecule has 0 bridgehead atoms. The number of carbonyl (C=O) groups excluding carboxylic acids is 2. The molecule has 1 N–H and O–H groups in total. The Kier molecular flexibility index (Phi) is 9.45. The van der Waals surface area contributed by atoms with Crippen LogP contribution in [-0.4, -0.2) is 23.1 Å². The predicted octanol–water partition coefficient (Wildman–Crippen LogP) is 9.03. The van der Waals surface area contributed by atoms with E-state index in [1.54, 1.807) is 12.1 Å². The SMILES string of the molecule is CC(C)CCC[C@@H](C)[C@H]1CC[C@H]2[C@@H]3CC=C4CC(OC(=O)CCC(=O)Oc5cccc(O)c5)CC[C@]4(C)[C@H]3CC[C@]12C. The van der Waals surface area contributed by atoms with Crippen molar-refractivity contribution in [3.8, 4) is 11.5 Å². The maximum Gasteiger partial charge on any atom is 0.311 e. The minimum absolute atomic E-state index is 0.00643. The summed E-state index contributed by atoms with van der Waals surface area (Å²) in [5, 5.41) is 9.54. The maximum atomic E-state index is 12.6. The molecule has 0 amide bonds. The molecule has 8 atom stereocenters. The van der Waals surface area contributed by atoms with Crippen LogP contribution in [0.5, 0.6) is 11.5 Å². The normalized spacial score (nSPS) is 34.5. The van der Waals surface area contributed by atoms with E-state index < -0.39 is 5.97 Å². The average Bonchev–Trinajstić information content (AvgIpc) is 3.29. The predicted molar refractivity (Wildman–Crippen MR) is 166 cm³/mol. The van der Waals surface area contributed by atoms with Crippen LogP contribution in [0, 0.1) is 46.3 Å². The topological polar surface area (TPSA) is 72.8 Å². The Morgan fingerprint density at radius 2 is 1.76 bits per heavy atom. The zero-order valence-electron chi connectivity index (χ0n) is 26.7. The van der Waals surface area contributed by atoms with Crippen molar-refractivity contribution in [3.05, 3.63) is 35.9 Å². The number of allylic oxidation sites excluding steroid dienone is 1. The molecule has 42 heavy (non-hydrogen) atoms. The van der Waals surface area contributed by atoms with Gasteiger partial charge in [-0.05, 0) is 103 Å². The highest BCUT2D eigenvalue weighted by Crippen LogP contribution is 2.67. The lowest BCUT2D eigenvalue weighted by Gasteiger charge is -2.58. The number of rotatable bonds is 10. The Labute approximate surface area is 253 Å². The molecule has 0 heterocycles. The molecular formula is C37H54O5. The van der Waals surface area contributed by atoms with E-state index in [1.165, 1.54) is 69.1 Å². The van der Waals surface area contributed by atoms with Gasteiger partial charge in [-0.15, -0.1) is 0 Å². The quantitative estimate of drug-likeness (QED) is 0.170. The number of hydrogen-bond acceptors (Lipinski definition) is 5. The first-order valence-electron chi connectivity index (χ1n) is 16.9. The molecule has 1 aromatic carbocycles. The van der Waals surface area contributed by atoms with Gasteiger partial charge in [0.25, 0.3) is 0 Å². The van der Waals surface area contributed by atoms with E-state index >= 15 is 0 Å². The number of fused-ring (bicyclic) bond motifs is 5. The molecule has 5 heteroatoms. The molecule has 1 unspecified atom stereocenters. The van der Waals surface area contributed by atoms with Gasteiger partial charge >= 0.3 is 11.9 Å². The van der Waals surface area contributed by atoms with E-state index in [1.807, 2.05) is 0 Å². The Hall–Kier alpha value is -2.30. The second-order valence-electron chi connectivity index (χ2n) is 15.1. The molecule has 0 aromatic heterocycles. The van der Waals surface area contributed by atoms with Crippen LogP contribution < -0.4 is 4.74 Å². The molecule has 0 saturated heterocycles. The lowest BCUT2D eigenvalue weighted by Crippen LogP contribution is -2.51. The summed E-state index contributed by atoms with van der Waals surface area (Å²) in [4.78, 5) is 24.8. The number of phenolic OH excluding ortho intramolecular Hbond substituents is 1. The standard InChI is InChI=1S/C37H54O5/c1-24(2)8-6-9-25(3)31-14-15-32-30-13-12-26-22-29(18-20-36(26,4)33(30)19-21-37(31,32)5)42-35(40)17-16-34(39)41-28-11-7-10-27(38)23-28/h7,10-12,23-25,29-33,38H,6,8-9,13-22H2,1-5H3/t25-,29?,30+,31-,32+,33+,36+,37-/m1/s1. The first kappa shape index (κ1) is 31.1. The average molecular weight is 579 g/mol. The van der Waals surface area contributed by atoms with Gasteiger partial charge in [0.1, 0.15) is 17.6 Å². The fraction of sp³-hybridized carbons (Fsp3) is 0.730. The summed E-state index contributed by atoms with van der Waals surface area (Å²) < 4.78 is 11.1. The molecule has 5 nitrogen and oxygen atoms in total. The summed E-state index contributed by atoms with van der Waals surface area (Å²) in [6.07, 6.45) is 16.1. The van der Waals surface area contributed by atoms with Crippen LogP contribution >= 0.6 is 0 Å². The van der Waals surface area contributed by atoms with Crippen molar-refractivity contribution >= 4 is 11.9 Å². The van der Waals surface area contributed by atoms with E-state index in [9.17, 15) is 14.7 Å². The second kappa shape index (κ2) is 12.7. The summed E-state index contributed by atoms with van der Waals surface area (Å²) in [6.45, 7) is 12.4. The molecule has 0 spiro atoms. The summed E-state index contributed by atoms with van der Waals surface area (Å²) in [6, 6.07) is 6.10. The van der Waals surface area contributed by atoms with Crippen LogP contribution in [0.3, 0.4) is 0 Å². The molecule has 0 radical (unpaired) electrons. The largest absolute Gasteiger partial charge is 0.508 e. The summed E-state index contributed by atoms with van der Waals surface area (Å²) in [5.41, 5.74) is 2.23. The smallest absolute Gasteiger partial charge is 0.311 e. The molecule has 4 aliphatic rings. The minimum atomic E-state index is -0.502. The van der Waals surface area contributed by atoms with Gasteiger partial charge in [-0.3, -0.25) is 9.59 Å². The van der Waals surface area contributed by atoms with Gasteiger partial charge in [0.15, 0.2) is 0 Å². The molecule has 4 aliphatic carbocycles. The zero-order chi connectivity index (χ0) is 30.1. The van der Waals surface area contributed by atoms with E-state index in [0.717, 1.165) is 54.8 Å². The van der Waals surface area contributed by atoms with E-state index in [0.29, 0.717) is 5.41 Å². The Bertz CT molecular complexity index is 1150. The fourth-order valence-electron chi connectivity index (χ4n) is 9.93. The zero-order valence-corrected chi connectivity index (χ0v) is 26.7. The third-order valence-corrected chi connectivity index (χ3v) is 12.1. The summed E-state index contributed by atoms with van der Waals surface area (Å²) in [7, 11) is 0. The monoisotopic (exact) mass is 578 g/mol. The highest BCUT2D eigenvalue weighted by molar-refractivity contribution is 5.79. The maximum absolute atomic E-state index is 12.6. The van der Waals surface area contributed by atoms with Crippen molar-refractivity contribution in [1.29, 1.82) is 0 Å². The van der Waals surface area contributed by atoms with Crippen LogP contribution in [0.2, 0.25) is 0 Å². The molecule has 0 aliphatic heterocycles. The van der Waals surface area contributed by atoms with Crippen molar-refractivity contribution in [1.82, 2.24) is 0 Å². The van der Waals surface area contributed by atoms with Crippen molar-refractivity contribution in [2.75, 3.05) is 0 Å². The number of esters is 2. The van der Waals surface area contributed by atoms with Crippen molar-refractivity contribution < 1.29 is 24.2 Å². The van der Waals surface area contributed by atoms with E-state index in [4.69, 9.17) is 9.47 Å². The third-order valence-electron chi connectivity index (χ3n) is 12.1. The van der Waals surface area contributed by atoms with E-state index in [2.05, 4.69) is 40.7 Å². The fourth-order valence-corrected chi connectivity index (χ4v) is 9.93. The molecular weight excluding hydrogens is 524 g/mol. The van der Waals surface area contributed by atoms with Gasteiger partial charge in [0.2, 0.25) is 0 Å². The highest BCUT2D eigenvalue weighted by Gasteiger charge is 2.59. The van der Waals surface area contributed by atoms with Crippen molar-refractivity contribution in [2.24, 2.45) is 46.3 Å². The number of aromatic hydroxyl groups is 1. The van der Waals surface area contributed by atoms with Gasteiger partial charge in [-0.25, -0.2) is 0 Å². The summed E-state index contributed by atoms with van der Waals surface area (Å²) >= 11 is 0. The lowest BCUT2D eigenvalue weighted by atomic mass is 9.47. The van der Waals surface area contributed by atoms with Crippen LogP contribution in [0.1, 0.15) is 118 Å². The first-order chi connectivity index (χ1) is 20.0. The second-order valence-corrected chi connectivity index (χ2v) is 15.1. The number of ether oxygens (including phenoxy) is 2. The van der Waals surface area contributed by atoms with Crippen molar-refractivity contribution in [3.63, 3.8) is 0 Å². The van der Waals surface area contributed by atoms with Gasteiger partial charge < -0.3 is 14.6 Å². The summed E-state index contributed by atoms with van der Waals surface area (Å²) in [5.74, 6) is 4.37. The molecule has 3 fully saturated rings. The van der Waals surface area contributed by atoms with Crippen LogP contribution in [0.4, 0.5) is 0 Å². The van der Waals surface area contributed by atoms with Gasteiger partial charge in [0.05, 0.1) is 12.8 Å². The number of benzene rings is 1. The molecule has 3 saturated carbocycles. The van der Waals surface area contributed by atoms with Crippen molar-refractivity contribution in [2.45, 2.75) is 124 Å². The van der Waals surface area contributed by atoms with Crippen LogP contribution in [-0.2, 0) is 14.3 Å². The van der Waals surface area contributed by atoms with Crippen LogP contribution in [0.15, 0.2) is 35.9 Å². The number of carbonyl (C=O) groups is 2. The van der Waals surface area contributed by atoms with Gasteiger partial charge in [0, 0.05) is 12.5 Å². The van der Waals surface area contributed by atoms with Gasteiger partial charge in [-0.1, -0.05) is 71.6 Å². The molecule has 1 aromatic rings. The Morgan fingerprint density at radius 1 is 0.976 bits per heavy atom. The van der Waals surface area contributed by atoms with Gasteiger partial charge in [-0.2, -0.15) is 0 Å². The minimum Gasteiger partial charge on any atom is -0.508 e. The molecule has 5 rings (SSSR count). The van der Waals surface area contributed by atoms with Crippen LogP contribution in [0.25, 0.3) is 0 Å². The first-order valence-corrected chi connectivity index (χ1v) is 16.9. The number of phenols is 1. The number of hydrogen-bond donors (Lipinski definition) is 1. The molecule has 232 valence electrons. The lowest BCUT2D eigenvalue weighted by molar-refractivity contribution is -0.153.